The Bertz CT molecular complexity index is 576. The molecule has 2 aliphatic rings. The Morgan fingerprint density at radius 1 is 1.33 bits per heavy atom. The molecule has 1 fully saturated rings. The quantitative estimate of drug-likeness (QED) is 0.908. The summed E-state index contributed by atoms with van der Waals surface area (Å²) in [4.78, 5) is 14.0. The lowest BCUT2D eigenvalue weighted by Gasteiger charge is -2.31. The van der Waals surface area contributed by atoms with Gasteiger partial charge >= 0.3 is 0 Å². The van der Waals surface area contributed by atoms with Crippen LogP contribution in [0.2, 0.25) is 5.02 Å². The van der Waals surface area contributed by atoms with Gasteiger partial charge < -0.3 is 20.1 Å². The minimum Gasteiger partial charge on any atom is -0.486 e. The number of nitrogens with two attached hydrogens (primary N) is 1. The first kappa shape index (κ1) is 14.5. The van der Waals surface area contributed by atoms with Gasteiger partial charge in [0.2, 0.25) is 5.91 Å². The molecule has 21 heavy (non-hydrogen) atoms. The molecule has 0 bridgehead atoms. The molecule has 1 saturated heterocycles. The Kier molecular flexibility index (Phi) is 3.71. The van der Waals surface area contributed by atoms with Crippen molar-refractivity contribution in [2.75, 3.05) is 13.2 Å². The molecule has 2 N–H and O–H groups in total. The Morgan fingerprint density at radius 2 is 2.05 bits per heavy atom. The zero-order valence-electron chi connectivity index (χ0n) is 12.1. The van der Waals surface area contributed by atoms with Crippen molar-refractivity contribution >= 4 is 17.5 Å². The lowest BCUT2D eigenvalue weighted by atomic mass is 9.99. The second kappa shape index (κ2) is 5.39. The van der Waals surface area contributed by atoms with Gasteiger partial charge in [0.25, 0.3) is 0 Å². The van der Waals surface area contributed by atoms with Crippen LogP contribution in [-0.4, -0.2) is 36.1 Å². The van der Waals surface area contributed by atoms with Crippen molar-refractivity contribution in [1.29, 1.82) is 0 Å². The van der Waals surface area contributed by atoms with Crippen molar-refractivity contribution in [2.24, 2.45) is 5.73 Å². The topological polar surface area (TPSA) is 64.8 Å². The number of rotatable bonds is 2. The van der Waals surface area contributed by atoms with E-state index >= 15 is 0 Å². The summed E-state index contributed by atoms with van der Waals surface area (Å²) in [6.07, 6.45) is 0.356. The number of ether oxygens (including phenoxy) is 2. The molecule has 114 valence electrons. The highest BCUT2D eigenvalue weighted by Crippen LogP contribution is 2.43. The predicted octanol–water partition coefficient (Wildman–Crippen LogP) is 2.12. The summed E-state index contributed by atoms with van der Waals surface area (Å²) < 4.78 is 11.1. The number of carbonyl (C=O) groups is 1. The summed E-state index contributed by atoms with van der Waals surface area (Å²) in [5.41, 5.74) is 7.08. The monoisotopic (exact) mass is 310 g/mol. The molecule has 0 spiro atoms. The number of nitrogens with zero attached hydrogens (tertiary/aromatic N) is 1. The second-order valence-electron chi connectivity index (χ2n) is 5.73. The van der Waals surface area contributed by atoms with Crippen molar-refractivity contribution in [3.63, 3.8) is 0 Å². The number of amides is 1. The van der Waals surface area contributed by atoms with Gasteiger partial charge in [0, 0.05) is 18.5 Å². The second-order valence-corrected chi connectivity index (χ2v) is 6.14. The zero-order valence-corrected chi connectivity index (χ0v) is 12.9. The van der Waals surface area contributed by atoms with E-state index in [1.807, 2.05) is 30.9 Å². The summed E-state index contributed by atoms with van der Waals surface area (Å²) in [6.45, 7) is 4.97. The molecule has 5 nitrogen and oxygen atoms in total. The molecule has 2 atom stereocenters. The minimum atomic E-state index is -0.237. The number of halogens is 1. The maximum absolute atomic E-state index is 12.1. The first-order chi connectivity index (χ1) is 9.99. The Labute approximate surface area is 128 Å². The SMILES string of the molecule is CC(C)N1C(=O)CC(N)C1c1cc(Cl)c2c(c1)OCCO2. The molecule has 0 aliphatic carbocycles. The van der Waals surface area contributed by atoms with Crippen LogP contribution in [-0.2, 0) is 4.79 Å². The fraction of sp³-hybridized carbons (Fsp3) is 0.533. The van der Waals surface area contributed by atoms with E-state index in [1.54, 1.807) is 0 Å². The molecule has 0 saturated carbocycles. The fourth-order valence-electron chi connectivity index (χ4n) is 3.10. The van der Waals surface area contributed by atoms with E-state index in [4.69, 9.17) is 26.8 Å². The number of likely N-dealkylation sites (tertiary alicyclic amines) is 1. The number of fused-ring (bicyclic) bond motifs is 1. The summed E-state index contributed by atoms with van der Waals surface area (Å²) in [6, 6.07) is 3.39. The Morgan fingerprint density at radius 3 is 2.76 bits per heavy atom. The van der Waals surface area contributed by atoms with E-state index in [1.165, 1.54) is 0 Å². The van der Waals surface area contributed by atoms with Crippen molar-refractivity contribution in [2.45, 2.75) is 38.4 Å². The standard InChI is InChI=1S/C15H19ClN2O3/c1-8(2)18-13(19)7-11(17)14(18)9-5-10(16)15-12(6-9)20-3-4-21-15/h5-6,8,11,14H,3-4,7,17H2,1-2H3. The normalized spacial score (nSPS) is 24.8. The molecule has 2 aliphatic heterocycles. The maximum atomic E-state index is 12.1. The molecule has 1 aromatic rings. The molecular weight excluding hydrogens is 292 g/mol. The van der Waals surface area contributed by atoms with Gasteiger partial charge in [-0.15, -0.1) is 0 Å². The number of hydrogen-bond donors (Lipinski definition) is 1. The van der Waals surface area contributed by atoms with Crippen LogP contribution in [0.1, 0.15) is 31.9 Å². The third-order valence-corrected chi connectivity index (χ3v) is 4.20. The number of carbonyl (C=O) groups excluding carboxylic acids is 1. The van der Waals surface area contributed by atoms with Crippen LogP contribution in [0.3, 0.4) is 0 Å². The zero-order chi connectivity index (χ0) is 15.1. The van der Waals surface area contributed by atoms with Crippen molar-refractivity contribution < 1.29 is 14.3 Å². The highest BCUT2D eigenvalue weighted by molar-refractivity contribution is 6.32. The van der Waals surface area contributed by atoms with Crippen LogP contribution in [0.15, 0.2) is 12.1 Å². The molecular formula is C15H19ClN2O3. The van der Waals surface area contributed by atoms with Crippen molar-refractivity contribution in [1.82, 2.24) is 4.90 Å². The smallest absolute Gasteiger partial charge is 0.225 e. The minimum absolute atomic E-state index is 0.0773. The van der Waals surface area contributed by atoms with Crippen LogP contribution in [0.5, 0.6) is 11.5 Å². The van der Waals surface area contributed by atoms with E-state index < -0.39 is 0 Å². The molecule has 0 aromatic heterocycles. The van der Waals surface area contributed by atoms with Crippen LogP contribution < -0.4 is 15.2 Å². The van der Waals surface area contributed by atoms with Gasteiger partial charge in [-0.3, -0.25) is 4.79 Å². The van der Waals surface area contributed by atoms with Crippen molar-refractivity contribution in [3.05, 3.63) is 22.7 Å². The van der Waals surface area contributed by atoms with E-state index in [2.05, 4.69) is 0 Å². The highest BCUT2D eigenvalue weighted by Gasteiger charge is 2.40. The van der Waals surface area contributed by atoms with Gasteiger partial charge in [-0.2, -0.15) is 0 Å². The van der Waals surface area contributed by atoms with Crippen LogP contribution in [0.25, 0.3) is 0 Å². The van der Waals surface area contributed by atoms with Crippen LogP contribution >= 0.6 is 11.6 Å². The average Bonchev–Trinajstić information content (AvgIpc) is 2.73. The molecule has 2 heterocycles. The van der Waals surface area contributed by atoms with E-state index in [0.717, 1.165) is 5.56 Å². The van der Waals surface area contributed by atoms with Gasteiger partial charge in [-0.1, -0.05) is 11.6 Å². The Hall–Kier alpha value is -1.46. The lowest BCUT2D eigenvalue weighted by Crippen LogP contribution is -2.37. The lowest BCUT2D eigenvalue weighted by molar-refractivity contribution is -0.130. The number of hydrogen-bond acceptors (Lipinski definition) is 4. The summed E-state index contributed by atoms with van der Waals surface area (Å²) in [5, 5.41) is 0.498. The molecule has 1 aromatic carbocycles. The van der Waals surface area contributed by atoms with E-state index in [-0.39, 0.29) is 24.0 Å². The van der Waals surface area contributed by atoms with Crippen LogP contribution in [0, 0.1) is 0 Å². The van der Waals surface area contributed by atoms with Gasteiger partial charge in [-0.25, -0.2) is 0 Å². The first-order valence-electron chi connectivity index (χ1n) is 7.15. The Balaban J connectivity index is 2.03. The third-order valence-electron chi connectivity index (χ3n) is 3.92. The van der Waals surface area contributed by atoms with Crippen LogP contribution in [0.4, 0.5) is 0 Å². The van der Waals surface area contributed by atoms with Crippen molar-refractivity contribution in [3.8, 4) is 11.5 Å². The molecule has 1 amide bonds. The first-order valence-corrected chi connectivity index (χ1v) is 7.52. The molecule has 3 rings (SSSR count). The largest absolute Gasteiger partial charge is 0.486 e. The van der Waals surface area contributed by atoms with E-state index in [9.17, 15) is 4.79 Å². The third kappa shape index (κ3) is 2.45. The van der Waals surface area contributed by atoms with Gasteiger partial charge in [-0.05, 0) is 31.5 Å². The summed E-state index contributed by atoms with van der Waals surface area (Å²) >= 11 is 6.29. The highest BCUT2D eigenvalue weighted by atomic mass is 35.5. The molecule has 2 unspecified atom stereocenters. The predicted molar refractivity (Wildman–Crippen MR) is 79.8 cm³/mol. The van der Waals surface area contributed by atoms with Gasteiger partial charge in [0.15, 0.2) is 11.5 Å². The number of benzene rings is 1. The summed E-state index contributed by atoms with van der Waals surface area (Å²) in [7, 11) is 0. The average molecular weight is 311 g/mol. The molecule has 6 heteroatoms. The fourth-order valence-corrected chi connectivity index (χ4v) is 3.37. The molecule has 0 radical (unpaired) electrons. The maximum Gasteiger partial charge on any atom is 0.225 e. The van der Waals surface area contributed by atoms with Gasteiger partial charge in [0.1, 0.15) is 13.2 Å². The van der Waals surface area contributed by atoms with Gasteiger partial charge in [0.05, 0.1) is 11.1 Å². The van der Waals surface area contributed by atoms with E-state index in [0.29, 0.717) is 36.2 Å². The summed E-state index contributed by atoms with van der Waals surface area (Å²) in [5.74, 6) is 1.27.